The molecule has 0 aliphatic carbocycles. The van der Waals surface area contributed by atoms with Crippen molar-refractivity contribution in [1.82, 2.24) is 19.7 Å². The fourth-order valence-electron chi connectivity index (χ4n) is 4.09. The topological polar surface area (TPSA) is 77.0 Å². The summed E-state index contributed by atoms with van der Waals surface area (Å²) in [7, 11) is 0. The van der Waals surface area contributed by atoms with Crippen molar-refractivity contribution < 1.29 is 4.79 Å². The Kier molecular flexibility index (Phi) is 5.39. The summed E-state index contributed by atoms with van der Waals surface area (Å²) in [5.41, 5.74) is 8.13. The van der Waals surface area contributed by atoms with Gasteiger partial charge >= 0.3 is 0 Å². The normalized spacial score (nSPS) is 16.6. The van der Waals surface area contributed by atoms with Gasteiger partial charge in [-0.15, -0.1) is 0 Å². The van der Waals surface area contributed by atoms with E-state index >= 15 is 0 Å². The highest BCUT2D eigenvalue weighted by molar-refractivity contribution is 6.30. The molecule has 4 rings (SSSR count). The van der Waals surface area contributed by atoms with E-state index in [0.29, 0.717) is 30.4 Å². The van der Waals surface area contributed by atoms with Crippen molar-refractivity contribution in [2.75, 3.05) is 13.1 Å². The van der Waals surface area contributed by atoms with Crippen LogP contribution in [0, 0.1) is 6.92 Å². The second kappa shape index (κ2) is 7.97. The van der Waals surface area contributed by atoms with E-state index in [0.717, 1.165) is 29.9 Å². The SMILES string of the molecule is Cc1nn(-c2ccccn2)c(Cl)c1CN1CCC(C(N)=O)(c2ccccc2)CC1. The number of pyridine rings is 1. The van der Waals surface area contributed by atoms with Gasteiger partial charge in [0.2, 0.25) is 5.91 Å². The minimum atomic E-state index is -0.602. The van der Waals surface area contributed by atoms with E-state index in [1.54, 1.807) is 10.9 Å². The monoisotopic (exact) mass is 409 g/mol. The van der Waals surface area contributed by atoms with E-state index in [9.17, 15) is 4.79 Å². The van der Waals surface area contributed by atoms with Crippen LogP contribution in [0.4, 0.5) is 0 Å². The standard InChI is InChI=1S/C22H24ClN5O/c1-16-18(20(23)28(26-16)19-9-5-6-12-25-19)15-27-13-10-22(11-14-27,21(24)29)17-7-3-2-4-8-17/h2-9,12H,10-11,13-15H2,1H3,(H2,24,29). The van der Waals surface area contributed by atoms with Crippen LogP contribution in [-0.2, 0) is 16.8 Å². The lowest BCUT2D eigenvalue weighted by Crippen LogP contribution is -2.49. The van der Waals surface area contributed by atoms with Crippen LogP contribution in [0.2, 0.25) is 5.15 Å². The van der Waals surface area contributed by atoms with Crippen LogP contribution in [0.5, 0.6) is 0 Å². The highest BCUT2D eigenvalue weighted by Crippen LogP contribution is 2.36. The summed E-state index contributed by atoms with van der Waals surface area (Å²) in [5, 5.41) is 5.15. The van der Waals surface area contributed by atoms with Crippen LogP contribution in [0.25, 0.3) is 5.82 Å². The van der Waals surface area contributed by atoms with Gasteiger partial charge in [-0.05, 0) is 50.6 Å². The Morgan fingerprint density at radius 2 is 1.83 bits per heavy atom. The van der Waals surface area contributed by atoms with Crippen LogP contribution >= 0.6 is 11.6 Å². The van der Waals surface area contributed by atoms with E-state index in [1.807, 2.05) is 55.5 Å². The number of carbonyl (C=O) groups excluding carboxylic acids is 1. The van der Waals surface area contributed by atoms with E-state index in [2.05, 4.69) is 15.0 Å². The maximum Gasteiger partial charge on any atom is 0.228 e. The lowest BCUT2D eigenvalue weighted by molar-refractivity contribution is -0.125. The second-order valence-electron chi connectivity index (χ2n) is 7.54. The number of piperidine rings is 1. The summed E-state index contributed by atoms with van der Waals surface area (Å²) in [4.78, 5) is 19.0. The van der Waals surface area contributed by atoms with Gasteiger partial charge in [-0.2, -0.15) is 5.10 Å². The second-order valence-corrected chi connectivity index (χ2v) is 7.90. The molecule has 29 heavy (non-hydrogen) atoms. The maximum atomic E-state index is 12.4. The number of nitrogens with two attached hydrogens (primary N) is 1. The molecule has 0 spiro atoms. The average Bonchev–Trinajstić information content (AvgIpc) is 3.04. The fraction of sp³-hybridized carbons (Fsp3) is 0.318. The molecule has 0 saturated carbocycles. The van der Waals surface area contributed by atoms with E-state index in [4.69, 9.17) is 17.3 Å². The molecule has 7 heteroatoms. The predicted octanol–water partition coefficient (Wildman–Crippen LogP) is 3.25. The quantitative estimate of drug-likeness (QED) is 0.701. The van der Waals surface area contributed by atoms with Gasteiger partial charge < -0.3 is 5.73 Å². The molecule has 6 nitrogen and oxygen atoms in total. The van der Waals surface area contributed by atoms with Crippen LogP contribution in [0.15, 0.2) is 54.7 Å². The van der Waals surface area contributed by atoms with Crippen molar-refractivity contribution in [2.24, 2.45) is 5.73 Å². The van der Waals surface area contributed by atoms with E-state index < -0.39 is 5.41 Å². The smallest absolute Gasteiger partial charge is 0.228 e. The molecule has 1 aliphatic rings. The zero-order chi connectivity index (χ0) is 20.4. The lowest BCUT2D eigenvalue weighted by Gasteiger charge is -2.40. The summed E-state index contributed by atoms with van der Waals surface area (Å²) in [6, 6.07) is 15.5. The number of aromatic nitrogens is 3. The van der Waals surface area contributed by atoms with Gasteiger partial charge in [-0.3, -0.25) is 9.69 Å². The van der Waals surface area contributed by atoms with Gasteiger partial charge in [0.1, 0.15) is 5.15 Å². The number of halogens is 1. The zero-order valence-corrected chi connectivity index (χ0v) is 17.1. The molecule has 3 heterocycles. The number of amides is 1. The van der Waals surface area contributed by atoms with Crippen molar-refractivity contribution in [1.29, 1.82) is 0 Å². The molecule has 150 valence electrons. The van der Waals surface area contributed by atoms with Crippen LogP contribution < -0.4 is 5.73 Å². The number of likely N-dealkylation sites (tertiary alicyclic amines) is 1. The van der Waals surface area contributed by atoms with Crippen molar-refractivity contribution in [3.63, 3.8) is 0 Å². The summed E-state index contributed by atoms with van der Waals surface area (Å²) < 4.78 is 1.67. The Bertz CT molecular complexity index is 995. The number of primary amides is 1. The average molecular weight is 410 g/mol. The van der Waals surface area contributed by atoms with Gasteiger partial charge in [0, 0.05) is 18.3 Å². The fourth-order valence-corrected chi connectivity index (χ4v) is 4.41. The third-order valence-electron chi connectivity index (χ3n) is 5.88. The lowest BCUT2D eigenvalue weighted by atomic mass is 9.72. The number of hydrogen-bond donors (Lipinski definition) is 1. The van der Waals surface area contributed by atoms with Gasteiger partial charge in [0.25, 0.3) is 0 Å². The molecule has 0 atom stereocenters. The first-order chi connectivity index (χ1) is 14.0. The molecular formula is C22H24ClN5O. The first kappa shape index (κ1) is 19.6. The van der Waals surface area contributed by atoms with Gasteiger partial charge in [0.05, 0.1) is 11.1 Å². The number of rotatable bonds is 5. The molecule has 1 fully saturated rings. The molecule has 0 bridgehead atoms. The Labute approximate surface area is 175 Å². The summed E-state index contributed by atoms with van der Waals surface area (Å²) in [6.07, 6.45) is 3.11. The molecule has 2 N–H and O–H groups in total. The Hall–Kier alpha value is -2.70. The van der Waals surface area contributed by atoms with Crippen LogP contribution in [0.1, 0.15) is 29.7 Å². The third kappa shape index (κ3) is 3.66. The van der Waals surface area contributed by atoms with Crippen molar-refractivity contribution in [3.05, 3.63) is 76.7 Å². The van der Waals surface area contributed by atoms with Gasteiger partial charge in [-0.25, -0.2) is 9.67 Å². The van der Waals surface area contributed by atoms with Crippen molar-refractivity contribution in [2.45, 2.75) is 31.7 Å². The number of nitrogens with zero attached hydrogens (tertiary/aromatic N) is 4. The van der Waals surface area contributed by atoms with Crippen molar-refractivity contribution in [3.8, 4) is 5.82 Å². The number of benzene rings is 1. The largest absolute Gasteiger partial charge is 0.369 e. The predicted molar refractivity (Wildman–Crippen MR) is 113 cm³/mol. The van der Waals surface area contributed by atoms with Crippen LogP contribution in [0.3, 0.4) is 0 Å². The Balaban J connectivity index is 1.52. The number of hydrogen-bond acceptors (Lipinski definition) is 4. The molecule has 1 aromatic carbocycles. The minimum absolute atomic E-state index is 0.250. The number of aryl methyl sites for hydroxylation is 1. The first-order valence-electron chi connectivity index (χ1n) is 9.74. The molecule has 1 aliphatic heterocycles. The summed E-state index contributed by atoms with van der Waals surface area (Å²) >= 11 is 6.65. The molecule has 2 aromatic heterocycles. The summed E-state index contributed by atoms with van der Waals surface area (Å²) in [6.45, 7) is 4.17. The third-order valence-corrected chi connectivity index (χ3v) is 6.27. The zero-order valence-electron chi connectivity index (χ0n) is 16.4. The molecule has 0 unspecified atom stereocenters. The first-order valence-corrected chi connectivity index (χ1v) is 10.1. The van der Waals surface area contributed by atoms with Gasteiger partial charge in [-0.1, -0.05) is 48.0 Å². The highest BCUT2D eigenvalue weighted by Gasteiger charge is 2.41. The molecule has 1 amide bonds. The van der Waals surface area contributed by atoms with Crippen molar-refractivity contribution >= 4 is 17.5 Å². The van der Waals surface area contributed by atoms with Gasteiger partial charge in [0.15, 0.2) is 5.82 Å². The van der Waals surface area contributed by atoms with E-state index in [1.165, 1.54) is 0 Å². The maximum absolute atomic E-state index is 12.4. The minimum Gasteiger partial charge on any atom is -0.369 e. The van der Waals surface area contributed by atoms with E-state index in [-0.39, 0.29) is 5.91 Å². The Morgan fingerprint density at radius 3 is 2.45 bits per heavy atom. The molecule has 3 aromatic rings. The highest BCUT2D eigenvalue weighted by atomic mass is 35.5. The molecule has 1 saturated heterocycles. The summed E-state index contributed by atoms with van der Waals surface area (Å²) in [5.74, 6) is 0.447. The number of carbonyl (C=O) groups is 1. The Morgan fingerprint density at radius 1 is 1.14 bits per heavy atom. The molecular weight excluding hydrogens is 386 g/mol. The molecule has 0 radical (unpaired) electrons. The van der Waals surface area contributed by atoms with Crippen LogP contribution in [-0.4, -0.2) is 38.7 Å².